The van der Waals surface area contributed by atoms with E-state index in [1.807, 2.05) is 18.2 Å². The van der Waals surface area contributed by atoms with Crippen molar-refractivity contribution in [3.63, 3.8) is 0 Å². The van der Waals surface area contributed by atoms with Crippen LogP contribution in [-0.2, 0) is 16.4 Å². The van der Waals surface area contributed by atoms with Crippen LogP contribution in [0, 0.1) is 5.92 Å². The molecule has 0 amide bonds. The quantitative estimate of drug-likeness (QED) is 0.798. The molecule has 0 radical (unpaired) electrons. The topological polar surface area (TPSA) is 50.3 Å². The van der Waals surface area contributed by atoms with Crippen molar-refractivity contribution in [3.8, 4) is 0 Å². The molecule has 6 heteroatoms. The molecule has 2 atom stereocenters. The SMILES string of the molecule is CC1CCN(S(=O)(=O)CCc2ccccn2)CC1Cl. The number of aryl methyl sites for hydroxylation is 1. The second kappa shape index (κ2) is 6.20. The summed E-state index contributed by atoms with van der Waals surface area (Å²) in [6, 6.07) is 5.53. The highest BCUT2D eigenvalue weighted by Gasteiger charge is 2.31. The first-order chi connectivity index (χ1) is 8.99. The highest BCUT2D eigenvalue weighted by molar-refractivity contribution is 7.89. The fourth-order valence-corrected chi connectivity index (χ4v) is 4.03. The lowest BCUT2D eigenvalue weighted by molar-refractivity contribution is 0.293. The van der Waals surface area contributed by atoms with Gasteiger partial charge in [-0.05, 0) is 24.5 Å². The predicted octanol–water partition coefficient (Wildman–Crippen LogP) is 1.90. The van der Waals surface area contributed by atoms with Gasteiger partial charge in [-0.25, -0.2) is 12.7 Å². The van der Waals surface area contributed by atoms with E-state index in [-0.39, 0.29) is 11.1 Å². The summed E-state index contributed by atoms with van der Waals surface area (Å²) < 4.78 is 26.0. The standard InChI is InChI=1S/C13H19ClN2O2S/c1-11-5-8-16(10-13(11)14)19(17,18)9-6-12-4-2-3-7-15-12/h2-4,7,11,13H,5-6,8-10H2,1H3. The van der Waals surface area contributed by atoms with Crippen LogP contribution in [0.15, 0.2) is 24.4 Å². The fraction of sp³-hybridized carbons (Fsp3) is 0.615. The van der Waals surface area contributed by atoms with Crippen molar-refractivity contribution in [3.05, 3.63) is 30.1 Å². The van der Waals surface area contributed by atoms with Gasteiger partial charge in [-0.3, -0.25) is 4.98 Å². The Labute approximate surface area is 119 Å². The van der Waals surface area contributed by atoms with Gasteiger partial charge in [0.05, 0.1) is 5.75 Å². The van der Waals surface area contributed by atoms with E-state index < -0.39 is 10.0 Å². The summed E-state index contributed by atoms with van der Waals surface area (Å²) in [7, 11) is -3.23. The molecule has 4 nitrogen and oxygen atoms in total. The zero-order valence-electron chi connectivity index (χ0n) is 11.0. The van der Waals surface area contributed by atoms with Gasteiger partial charge in [-0.1, -0.05) is 13.0 Å². The third-order valence-electron chi connectivity index (χ3n) is 3.57. The summed E-state index contributed by atoms with van der Waals surface area (Å²) in [5.74, 6) is 0.478. The first-order valence-corrected chi connectivity index (χ1v) is 8.55. The number of alkyl halides is 1. The van der Waals surface area contributed by atoms with Gasteiger partial charge in [0.25, 0.3) is 0 Å². The molecule has 19 heavy (non-hydrogen) atoms. The van der Waals surface area contributed by atoms with Crippen molar-refractivity contribution >= 4 is 21.6 Å². The van der Waals surface area contributed by atoms with Crippen LogP contribution in [0.2, 0.25) is 0 Å². The molecule has 0 saturated carbocycles. The molecule has 2 rings (SSSR count). The van der Waals surface area contributed by atoms with E-state index in [2.05, 4.69) is 11.9 Å². The van der Waals surface area contributed by atoms with E-state index in [0.29, 0.717) is 25.4 Å². The third kappa shape index (κ3) is 3.91. The van der Waals surface area contributed by atoms with Gasteiger partial charge < -0.3 is 0 Å². The first kappa shape index (κ1) is 14.8. The average molecular weight is 303 g/mol. The van der Waals surface area contributed by atoms with Crippen LogP contribution in [-0.4, -0.2) is 41.9 Å². The van der Waals surface area contributed by atoms with Crippen molar-refractivity contribution < 1.29 is 8.42 Å². The number of pyridine rings is 1. The van der Waals surface area contributed by atoms with Gasteiger partial charge >= 0.3 is 0 Å². The van der Waals surface area contributed by atoms with Crippen molar-refractivity contribution in [2.45, 2.75) is 25.1 Å². The van der Waals surface area contributed by atoms with E-state index in [1.54, 1.807) is 6.20 Å². The van der Waals surface area contributed by atoms with Gasteiger partial charge in [0, 0.05) is 36.8 Å². The largest absolute Gasteiger partial charge is 0.261 e. The smallest absolute Gasteiger partial charge is 0.214 e. The molecule has 2 heterocycles. The minimum Gasteiger partial charge on any atom is -0.261 e. The summed E-state index contributed by atoms with van der Waals surface area (Å²) in [5, 5.41) is -0.0848. The Morgan fingerprint density at radius 2 is 2.26 bits per heavy atom. The van der Waals surface area contributed by atoms with E-state index in [1.165, 1.54) is 4.31 Å². The number of sulfonamides is 1. The number of piperidine rings is 1. The summed E-state index contributed by atoms with van der Waals surface area (Å²) in [6.45, 7) is 3.07. The monoisotopic (exact) mass is 302 g/mol. The maximum Gasteiger partial charge on any atom is 0.214 e. The number of rotatable bonds is 4. The Balaban J connectivity index is 1.95. The lowest BCUT2D eigenvalue weighted by atomic mass is 10.0. The third-order valence-corrected chi connectivity index (χ3v) is 5.97. The van der Waals surface area contributed by atoms with E-state index >= 15 is 0 Å². The number of hydrogen-bond donors (Lipinski definition) is 0. The summed E-state index contributed by atoms with van der Waals surface area (Å²) in [5.41, 5.74) is 0.805. The van der Waals surface area contributed by atoms with Crippen molar-refractivity contribution in [2.75, 3.05) is 18.8 Å². The highest BCUT2D eigenvalue weighted by atomic mass is 35.5. The molecule has 0 N–H and O–H groups in total. The fourth-order valence-electron chi connectivity index (χ4n) is 2.16. The molecular weight excluding hydrogens is 284 g/mol. The Morgan fingerprint density at radius 1 is 1.47 bits per heavy atom. The lowest BCUT2D eigenvalue weighted by Crippen LogP contribution is -2.44. The van der Waals surface area contributed by atoms with Crippen LogP contribution in [0.3, 0.4) is 0 Å². The Hall–Kier alpha value is -0.650. The minimum absolute atomic E-state index is 0.0848. The molecule has 0 aliphatic carbocycles. The Kier molecular flexibility index (Phi) is 4.81. The molecule has 1 fully saturated rings. The molecule has 1 aromatic heterocycles. The Bertz CT molecular complexity index is 507. The summed E-state index contributed by atoms with van der Waals surface area (Å²) >= 11 is 6.17. The van der Waals surface area contributed by atoms with Gasteiger partial charge in [0.2, 0.25) is 10.0 Å². The average Bonchev–Trinajstić information content (AvgIpc) is 2.41. The Morgan fingerprint density at radius 3 is 2.89 bits per heavy atom. The van der Waals surface area contributed by atoms with Gasteiger partial charge in [0.15, 0.2) is 0 Å². The zero-order valence-corrected chi connectivity index (χ0v) is 12.6. The molecule has 0 spiro atoms. The normalized spacial score (nSPS) is 25.4. The number of aromatic nitrogens is 1. The number of halogens is 1. The summed E-state index contributed by atoms with van der Waals surface area (Å²) in [4.78, 5) is 4.14. The molecule has 1 saturated heterocycles. The van der Waals surface area contributed by atoms with Crippen LogP contribution in [0.1, 0.15) is 19.0 Å². The van der Waals surface area contributed by atoms with Crippen LogP contribution < -0.4 is 0 Å². The van der Waals surface area contributed by atoms with Crippen molar-refractivity contribution in [1.82, 2.24) is 9.29 Å². The van der Waals surface area contributed by atoms with Crippen LogP contribution in [0.4, 0.5) is 0 Å². The van der Waals surface area contributed by atoms with E-state index in [4.69, 9.17) is 11.6 Å². The second-order valence-electron chi connectivity index (χ2n) is 5.03. The second-order valence-corrected chi connectivity index (χ2v) is 7.68. The van der Waals surface area contributed by atoms with Crippen LogP contribution in [0.25, 0.3) is 0 Å². The first-order valence-electron chi connectivity index (χ1n) is 6.51. The van der Waals surface area contributed by atoms with Crippen molar-refractivity contribution in [1.29, 1.82) is 0 Å². The maximum atomic E-state index is 12.3. The predicted molar refractivity (Wildman–Crippen MR) is 76.7 cm³/mol. The number of nitrogens with zero attached hydrogens (tertiary/aromatic N) is 2. The van der Waals surface area contributed by atoms with Gasteiger partial charge in [-0.15, -0.1) is 11.6 Å². The molecule has 1 aromatic rings. The van der Waals surface area contributed by atoms with Gasteiger partial charge in [-0.2, -0.15) is 0 Å². The molecule has 2 unspecified atom stereocenters. The molecule has 0 bridgehead atoms. The minimum atomic E-state index is -3.23. The molecule has 106 valence electrons. The summed E-state index contributed by atoms with van der Waals surface area (Å²) in [6.07, 6.45) is 2.96. The van der Waals surface area contributed by atoms with Gasteiger partial charge in [0.1, 0.15) is 0 Å². The molecule has 0 aromatic carbocycles. The maximum absolute atomic E-state index is 12.3. The lowest BCUT2D eigenvalue weighted by Gasteiger charge is -2.33. The van der Waals surface area contributed by atoms with Crippen LogP contribution >= 0.6 is 11.6 Å². The molecule has 1 aliphatic rings. The zero-order chi connectivity index (χ0) is 13.9. The van der Waals surface area contributed by atoms with Crippen molar-refractivity contribution in [2.24, 2.45) is 5.92 Å². The molecular formula is C13H19ClN2O2S. The highest BCUT2D eigenvalue weighted by Crippen LogP contribution is 2.24. The number of hydrogen-bond acceptors (Lipinski definition) is 3. The van der Waals surface area contributed by atoms with E-state index in [0.717, 1.165) is 12.1 Å². The van der Waals surface area contributed by atoms with E-state index in [9.17, 15) is 8.42 Å². The molecule has 1 aliphatic heterocycles. The van der Waals surface area contributed by atoms with Crippen LogP contribution in [0.5, 0.6) is 0 Å².